The molecule has 2 aromatic rings. The van der Waals surface area contributed by atoms with E-state index in [2.05, 4.69) is 31.4 Å². The highest BCUT2D eigenvalue weighted by Gasteiger charge is 2.28. The fraction of sp³-hybridized carbons (Fsp3) is 0.333. The molecule has 1 aliphatic rings. The highest BCUT2D eigenvalue weighted by molar-refractivity contribution is 9.10. The number of hydrogen-bond acceptors (Lipinski definition) is 2. The van der Waals surface area contributed by atoms with Crippen molar-refractivity contribution >= 4 is 21.8 Å². The Bertz CT molecular complexity index is 698. The van der Waals surface area contributed by atoms with Crippen LogP contribution in [-0.4, -0.2) is 16.1 Å². The quantitative estimate of drug-likeness (QED) is 0.891. The van der Waals surface area contributed by atoms with E-state index in [1.165, 1.54) is 6.07 Å². The van der Waals surface area contributed by atoms with Crippen molar-refractivity contribution in [3.8, 4) is 0 Å². The maximum Gasteiger partial charge on any atom is 0.273 e. The van der Waals surface area contributed by atoms with Gasteiger partial charge < -0.3 is 5.32 Å². The van der Waals surface area contributed by atoms with Crippen molar-refractivity contribution in [1.82, 2.24) is 15.5 Å². The Balaban J connectivity index is 1.81. The maximum absolute atomic E-state index is 13.7. The molecular formula is C15H15BrFN3O. The van der Waals surface area contributed by atoms with Crippen LogP contribution in [0.3, 0.4) is 0 Å². The van der Waals surface area contributed by atoms with Crippen LogP contribution in [0.1, 0.15) is 46.7 Å². The van der Waals surface area contributed by atoms with Crippen molar-refractivity contribution in [1.29, 1.82) is 0 Å². The van der Waals surface area contributed by atoms with Crippen molar-refractivity contribution in [2.75, 3.05) is 0 Å². The number of benzene rings is 1. The summed E-state index contributed by atoms with van der Waals surface area (Å²) in [7, 11) is 0. The molecule has 1 unspecified atom stereocenters. The van der Waals surface area contributed by atoms with E-state index in [1.54, 1.807) is 6.07 Å². The van der Waals surface area contributed by atoms with Gasteiger partial charge in [-0.2, -0.15) is 5.10 Å². The van der Waals surface area contributed by atoms with Gasteiger partial charge in [-0.1, -0.05) is 19.1 Å². The van der Waals surface area contributed by atoms with Crippen LogP contribution in [0.15, 0.2) is 22.7 Å². The van der Waals surface area contributed by atoms with E-state index in [0.29, 0.717) is 28.6 Å². The largest absolute Gasteiger partial charge is 0.344 e. The fourth-order valence-electron chi connectivity index (χ4n) is 2.74. The second-order valence-corrected chi connectivity index (χ2v) is 5.88. The number of halogens is 2. The average Bonchev–Trinajstić information content (AvgIpc) is 3.04. The van der Waals surface area contributed by atoms with Crippen LogP contribution < -0.4 is 5.32 Å². The first-order valence-corrected chi connectivity index (χ1v) is 7.72. The SMILES string of the molecule is CCc1[nH]nc(C(=O)NC2CCc3c(F)cccc32)c1Br. The molecule has 21 heavy (non-hydrogen) atoms. The van der Waals surface area contributed by atoms with E-state index in [9.17, 15) is 9.18 Å². The van der Waals surface area contributed by atoms with Crippen LogP contribution >= 0.6 is 15.9 Å². The zero-order chi connectivity index (χ0) is 15.0. The van der Waals surface area contributed by atoms with Gasteiger partial charge in [-0.15, -0.1) is 0 Å². The number of amides is 1. The monoisotopic (exact) mass is 351 g/mol. The topological polar surface area (TPSA) is 57.8 Å². The van der Waals surface area contributed by atoms with Gasteiger partial charge in [0.25, 0.3) is 5.91 Å². The first-order chi connectivity index (χ1) is 10.1. The molecule has 0 fully saturated rings. The van der Waals surface area contributed by atoms with Crippen molar-refractivity contribution in [2.24, 2.45) is 0 Å². The van der Waals surface area contributed by atoms with Gasteiger partial charge in [-0.05, 0) is 52.4 Å². The number of rotatable bonds is 3. The smallest absolute Gasteiger partial charge is 0.273 e. The molecule has 1 heterocycles. The lowest BCUT2D eigenvalue weighted by Crippen LogP contribution is -2.27. The first-order valence-electron chi connectivity index (χ1n) is 6.92. The van der Waals surface area contributed by atoms with Crippen molar-refractivity contribution in [3.63, 3.8) is 0 Å². The third-order valence-corrected chi connectivity index (χ3v) is 4.72. The number of nitrogens with zero attached hydrogens (tertiary/aromatic N) is 1. The highest BCUT2D eigenvalue weighted by Crippen LogP contribution is 2.33. The van der Waals surface area contributed by atoms with Crippen LogP contribution in [0.4, 0.5) is 4.39 Å². The molecule has 2 N–H and O–H groups in total. The molecule has 1 amide bonds. The molecule has 0 aliphatic heterocycles. The second kappa shape index (κ2) is 5.60. The zero-order valence-corrected chi connectivity index (χ0v) is 13.1. The Kier molecular flexibility index (Phi) is 3.80. The Labute approximate surface area is 130 Å². The number of aryl methyl sites for hydroxylation is 1. The number of carbonyl (C=O) groups excluding carboxylic acids is 1. The molecule has 3 rings (SSSR count). The Morgan fingerprint density at radius 2 is 2.38 bits per heavy atom. The molecule has 0 bridgehead atoms. The van der Waals surface area contributed by atoms with Gasteiger partial charge in [0, 0.05) is 5.69 Å². The molecule has 0 spiro atoms. The standard InChI is InChI=1S/C15H15BrFN3O/c1-2-11-13(16)14(20-19-11)15(21)18-12-7-6-8-9(12)4-3-5-10(8)17/h3-5,12H,2,6-7H2,1H3,(H,18,21)(H,19,20). The van der Waals surface area contributed by atoms with Crippen molar-refractivity contribution in [3.05, 3.63) is 51.0 Å². The molecule has 6 heteroatoms. The summed E-state index contributed by atoms with van der Waals surface area (Å²) in [6.45, 7) is 1.98. The van der Waals surface area contributed by atoms with Crippen LogP contribution in [0, 0.1) is 5.82 Å². The molecule has 0 saturated heterocycles. The number of H-pyrrole nitrogens is 1. The first kappa shape index (κ1) is 14.3. The summed E-state index contributed by atoms with van der Waals surface area (Å²) >= 11 is 3.39. The number of aromatic amines is 1. The van der Waals surface area contributed by atoms with Gasteiger partial charge >= 0.3 is 0 Å². The minimum atomic E-state index is -0.250. The van der Waals surface area contributed by atoms with E-state index >= 15 is 0 Å². The van der Waals surface area contributed by atoms with E-state index in [0.717, 1.165) is 17.7 Å². The number of aromatic nitrogens is 2. The average molecular weight is 352 g/mol. The minimum Gasteiger partial charge on any atom is -0.344 e. The number of fused-ring (bicyclic) bond motifs is 1. The lowest BCUT2D eigenvalue weighted by molar-refractivity contribution is 0.0931. The molecule has 1 aliphatic carbocycles. The second-order valence-electron chi connectivity index (χ2n) is 5.09. The molecule has 4 nitrogen and oxygen atoms in total. The van der Waals surface area contributed by atoms with Crippen LogP contribution in [0.5, 0.6) is 0 Å². The summed E-state index contributed by atoms with van der Waals surface area (Å²) in [4.78, 5) is 12.3. The number of hydrogen-bond donors (Lipinski definition) is 2. The van der Waals surface area contributed by atoms with Crippen molar-refractivity contribution < 1.29 is 9.18 Å². The molecule has 0 radical (unpaired) electrons. The minimum absolute atomic E-state index is 0.156. The molecule has 1 atom stereocenters. The Hall–Kier alpha value is -1.69. The van der Waals surface area contributed by atoms with E-state index in [-0.39, 0.29) is 17.8 Å². The van der Waals surface area contributed by atoms with Crippen LogP contribution in [0.2, 0.25) is 0 Å². The molecule has 1 aromatic heterocycles. The lowest BCUT2D eigenvalue weighted by atomic mass is 10.1. The normalized spacial score (nSPS) is 16.8. The van der Waals surface area contributed by atoms with Gasteiger partial charge in [-0.3, -0.25) is 9.89 Å². The lowest BCUT2D eigenvalue weighted by Gasteiger charge is -2.13. The summed E-state index contributed by atoms with van der Waals surface area (Å²) < 4.78 is 14.4. The predicted octanol–water partition coefficient (Wildman–Crippen LogP) is 3.29. The summed E-state index contributed by atoms with van der Waals surface area (Å²) in [6, 6.07) is 4.85. The summed E-state index contributed by atoms with van der Waals surface area (Å²) in [5.41, 5.74) is 2.80. The Morgan fingerprint density at radius 1 is 1.57 bits per heavy atom. The molecular weight excluding hydrogens is 337 g/mol. The third-order valence-electron chi connectivity index (χ3n) is 3.86. The van der Waals surface area contributed by atoms with Gasteiger partial charge in [0.2, 0.25) is 0 Å². The van der Waals surface area contributed by atoms with Gasteiger partial charge in [0.15, 0.2) is 5.69 Å². The van der Waals surface area contributed by atoms with Crippen LogP contribution in [0.25, 0.3) is 0 Å². The van der Waals surface area contributed by atoms with E-state index < -0.39 is 0 Å². The molecule has 110 valence electrons. The van der Waals surface area contributed by atoms with E-state index in [4.69, 9.17) is 0 Å². The summed E-state index contributed by atoms with van der Waals surface area (Å²) in [5.74, 6) is -0.446. The van der Waals surface area contributed by atoms with E-state index in [1.807, 2.05) is 13.0 Å². The predicted molar refractivity (Wildman–Crippen MR) is 80.6 cm³/mol. The molecule has 0 saturated carbocycles. The number of nitrogens with one attached hydrogen (secondary N) is 2. The van der Waals surface area contributed by atoms with Gasteiger partial charge in [0.1, 0.15) is 5.82 Å². The van der Waals surface area contributed by atoms with Gasteiger partial charge in [-0.25, -0.2) is 4.39 Å². The highest BCUT2D eigenvalue weighted by atomic mass is 79.9. The summed E-state index contributed by atoms with van der Waals surface area (Å²) in [6.07, 6.45) is 2.12. The molecule has 1 aromatic carbocycles. The fourth-order valence-corrected chi connectivity index (χ4v) is 3.37. The van der Waals surface area contributed by atoms with Gasteiger partial charge in [0.05, 0.1) is 10.5 Å². The van der Waals surface area contributed by atoms with Crippen LogP contribution in [-0.2, 0) is 12.8 Å². The summed E-state index contributed by atoms with van der Waals surface area (Å²) in [5, 5.41) is 9.82. The third kappa shape index (κ3) is 2.48. The zero-order valence-electron chi connectivity index (χ0n) is 11.5. The maximum atomic E-state index is 13.7. The number of carbonyl (C=O) groups is 1. The Morgan fingerprint density at radius 3 is 3.10 bits per heavy atom. The van der Waals surface area contributed by atoms with Crippen molar-refractivity contribution in [2.45, 2.75) is 32.2 Å².